The first-order valence-electron chi connectivity index (χ1n) is 11.1. The molecule has 13 nitrogen and oxygen atoms in total. The van der Waals surface area contributed by atoms with Gasteiger partial charge in [-0.2, -0.15) is 11.8 Å². The lowest BCUT2D eigenvalue weighted by Crippen LogP contribution is -2.59. The molecular formula is C21H35N7O6S. The van der Waals surface area contributed by atoms with Gasteiger partial charge in [-0.3, -0.25) is 19.2 Å². The highest BCUT2D eigenvalue weighted by Gasteiger charge is 2.33. The number of thioether (sulfide) groups is 1. The number of H-pyrrole nitrogens is 1. The smallest absolute Gasteiger partial charge is 0.326 e. The quantitative estimate of drug-likeness (QED) is 0.136. The highest BCUT2D eigenvalue weighted by molar-refractivity contribution is 7.98. The molecule has 0 saturated carbocycles. The zero-order valence-corrected chi connectivity index (χ0v) is 20.9. The van der Waals surface area contributed by atoms with Crippen LogP contribution in [-0.2, 0) is 30.4 Å². The fraction of sp³-hybridized carbons (Fsp3) is 0.619. The summed E-state index contributed by atoms with van der Waals surface area (Å²) in [6.45, 7) is 3.57. The van der Waals surface area contributed by atoms with Crippen LogP contribution in [0, 0.1) is 5.92 Å². The molecule has 1 rings (SSSR count). The molecule has 0 fully saturated rings. The second kappa shape index (κ2) is 15.0. The third-order valence-corrected chi connectivity index (χ3v) is 6.03. The number of carbonyl (C=O) groups is 5. The molecule has 1 aromatic heterocycles. The number of primary amides is 1. The number of hydrogen-bond donors (Lipinski definition) is 7. The first-order chi connectivity index (χ1) is 16.5. The van der Waals surface area contributed by atoms with Gasteiger partial charge in [0.2, 0.25) is 23.6 Å². The summed E-state index contributed by atoms with van der Waals surface area (Å²) in [5, 5.41) is 17.1. The molecule has 0 radical (unpaired) electrons. The number of aromatic nitrogens is 2. The molecule has 1 aromatic rings. The third kappa shape index (κ3) is 10.3. The molecule has 9 N–H and O–H groups in total. The summed E-state index contributed by atoms with van der Waals surface area (Å²) in [7, 11) is 0. The van der Waals surface area contributed by atoms with Crippen molar-refractivity contribution >= 4 is 41.4 Å². The van der Waals surface area contributed by atoms with E-state index in [9.17, 15) is 29.1 Å². The second-order valence-electron chi connectivity index (χ2n) is 8.17. The Balaban J connectivity index is 3.06. The zero-order chi connectivity index (χ0) is 26.5. The SMILES string of the molecule is CCC(C)C(NC(=O)C(Cc1cnc[nH]1)NC(=O)C(N)CC(N)=O)C(=O)NC(CCSC)C(=O)O. The number of imidazole rings is 1. The molecule has 0 aliphatic heterocycles. The van der Waals surface area contributed by atoms with Crippen molar-refractivity contribution in [2.45, 2.75) is 63.7 Å². The van der Waals surface area contributed by atoms with Crippen LogP contribution in [0.4, 0.5) is 0 Å². The fourth-order valence-electron chi connectivity index (χ4n) is 3.12. The molecule has 0 aliphatic rings. The van der Waals surface area contributed by atoms with Crippen LogP contribution in [0.3, 0.4) is 0 Å². The van der Waals surface area contributed by atoms with E-state index in [2.05, 4.69) is 25.9 Å². The van der Waals surface area contributed by atoms with Gasteiger partial charge >= 0.3 is 5.97 Å². The van der Waals surface area contributed by atoms with Crippen LogP contribution < -0.4 is 27.4 Å². The van der Waals surface area contributed by atoms with Crippen molar-refractivity contribution in [3.63, 3.8) is 0 Å². The predicted octanol–water partition coefficient (Wildman–Crippen LogP) is -1.51. The second-order valence-corrected chi connectivity index (χ2v) is 9.16. The Kier molecular flexibility index (Phi) is 12.8. The largest absolute Gasteiger partial charge is 0.480 e. The number of amides is 4. The molecule has 0 aromatic carbocycles. The Labute approximate surface area is 207 Å². The monoisotopic (exact) mass is 513 g/mol. The molecular weight excluding hydrogens is 478 g/mol. The summed E-state index contributed by atoms with van der Waals surface area (Å²) in [6.07, 6.45) is 5.03. The van der Waals surface area contributed by atoms with Crippen molar-refractivity contribution in [1.29, 1.82) is 0 Å². The summed E-state index contributed by atoms with van der Waals surface area (Å²) >= 11 is 1.45. The van der Waals surface area contributed by atoms with Gasteiger partial charge in [0.15, 0.2) is 0 Å². The van der Waals surface area contributed by atoms with Gasteiger partial charge in [-0.1, -0.05) is 20.3 Å². The van der Waals surface area contributed by atoms with Crippen molar-refractivity contribution < 1.29 is 29.1 Å². The van der Waals surface area contributed by atoms with Gasteiger partial charge in [-0.25, -0.2) is 9.78 Å². The fourth-order valence-corrected chi connectivity index (χ4v) is 3.60. The average Bonchev–Trinajstić information content (AvgIpc) is 3.31. The molecule has 196 valence electrons. The van der Waals surface area contributed by atoms with Crippen molar-refractivity contribution in [2.24, 2.45) is 17.4 Å². The molecule has 0 aliphatic carbocycles. The van der Waals surface area contributed by atoms with E-state index < -0.39 is 60.2 Å². The van der Waals surface area contributed by atoms with Gasteiger partial charge in [-0.15, -0.1) is 0 Å². The Morgan fingerprint density at radius 1 is 1.11 bits per heavy atom. The molecule has 4 amide bonds. The van der Waals surface area contributed by atoms with Crippen LogP contribution in [0.5, 0.6) is 0 Å². The lowest BCUT2D eigenvalue weighted by molar-refractivity contribution is -0.142. The number of aliphatic carboxylic acids is 1. The normalized spacial score (nSPS) is 15.2. The van der Waals surface area contributed by atoms with Gasteiger partial charge in [0.05, 0.1) is 18.8 Å². The van der Waals surface area contributed by atoms with E-state index in [0.717, 1.165) is 0 Å². The Morgan fingerprint density at radius 3 is 2.29 bits per heavy atom. The van der Waals surface area contributed by atoms with E-state index in [1.165, 1.54) is 24.3 Å². The maximum Gasteiger partial charge on any atom is 0.326 e. The maximum absolute atomic E-state index is 13.2. The number of aromatic amines is 1. The number of carboxylic acids is 1. The minimum Gasteiger partial charge on any atom is -0.480 e. The number of carboxylic acid groups (broad SMARTS) is 1. The molecule has 14 heteroatoms. The molecule has 1 heterocycles. The van der Waals surface area contributed by atoms with Crippen LogP contribution in [0.15, 0.2) is 12.5 Å². The Hall–Kier alpha value is -3.13. The standard InChI is InChI=1S/C21H35N7O6S/c1-4-11(2)17(20(32)26-14(21(33)34)5-6-35-3)28-19(31)15(7-12-9-24-10-25-12)27-18(30)13(22)8-16(23)29/h9-11,13-15,17H,4-8,22H2,1-3H3,(H2,23,29)(H,24,25)(H,26,32)(H,27,30)(H,28,31)(H,33,34). The number of hydrogen-bond acceptors (Lipinski definition) is 8. The summed E-state index contributed by atoms with van der Waals surface area (Å²) in [5.41, 5.74) is 11.3. The molecule has 0 bridgehead atoms. The minimum absolute atomic E-state index is 0.00117. The van der Waals surface area contributed by atoms with Gasteiger partial charge in [-0.05, 0) is 24.3 Å². The number of nitrogens with zero attached hydrogens (tertiary/aromatic N) is 1. The van der Waals surface area contributed by atoms with Gasteiger partial charge in [0.1, 0.15) is 18.1 Å². The van der Waals surface area contributed by atoms with Crippen LogP contribution in [0.2, 0.25) is 0 Å². The number of nitrogens with one attached hydrogen (secondary N) is 4. The number of carbonyl (C=O) groups excluding carboxylic acids is 4. The first kappa shape index (κ1) is 29.9. The molecule has 0 saturated heterocycles. The molecule has 35 heavy (non-hydrogen) atoms. The van der Waals surface area contributed by atoms with Crippen molar-refractivity contribution in [1.82, 2.24) is 25.9 Å². The van der Waals surface area contributed by atoms with Gasteiger partial charge in [0.25, 0.3) is 0 Å². The number of nitrogens with two attached hydrogens (primary N) is 2. The van der Waals surface area contributed by atoms with Crippen molar-refractivity contribution in [3.8, 4) is 0 Å². The lowest BCUT2D eigenvalue weighted by Gasteiger charge is -2.28. The van der Waals surface area contributed by atoms with E-state index in [-0.39, 0.29) is 18.8 Å². The summed E-state index contributed by atoms with van der Waals surface area (Å²) in [6, 6.07) is -4.58. The molecule has 0 spiro atoms. The average molecular weight is 514 g/mol. The van der Waals surface area contributed by atoms with Crippen LogP contribution >= 0.6 is 11.8 Å². The Bertz CT molecular complexity index is 866. The highest BCUT2D eigenvalue weighted by Crippen LogP contribution is 2.11. The van der Waals surface area contributed by atoms with Gasteiger partial charge in [0, 0.05) is 18.3 Å². The highest BCUT2D eigenvalue weighted by atomic mass is 32.2. The lowest BCUT2D eigenvalue weighted by atomic mass is 9.97. The van der Waals surface area contributed by atoms with Gasteiger partial charge < -0.3 is 37.5 Å². The minimum atomic E-state index is -1.26. The van der Waals surface area contributed by atoms with E-state index in [0.29, 0.717) is 17.9 Å². The van der Waals surface area contributed by atoms with E-state index >= 15 is 0 Å². The van der Waals surface area contributed by atoms with Crippen LogP contribution in [0.25, 0.3) is 0 Å². The topological polar surface area (TPSA) is 222 Å². The summed E-state index contributed by atoms with van der Waals surface area (Å²) in [5.74, 6) is -3.85. The van der Waals surface area contributed by atoms with Crippen molar-refractivity contribution in [3.05, 3.63) is 18.2 Å². The summed E-state index contributed by atoms with van der Waals surface area (Å²) < 4.78 is 0. The van der Waals surface area contributed by atoms with Crippen LogP contribution in [0.1, 0.15) is 38.8 Å². The summed E-state index contributed by atoms with van der Waals surface area (Å²) in [4.78, 5) is 68.0. The van der Waals surface area contributed by atoms with Crippen molar-refractivity contribution in [2.75, 3.05) is 12.0 Å². The molecule has 5 atom stereocenters. The third-order valence-electron chi connectivity index (χ3n) is 5.39. The van der Waals surface area contributed by atoms with E-state index in [1.54, 1.807) is 6.92 Å². The maximum atomic E-state index is 13.2. The van der Waals surface area contributed by atoms with E-state index in [1.807, 2.05) is 13.2 Å². The van der Waals surface area contributed by atoms with E-state index in [4.69, 9.17) is 11.5 Å². The first-order valence-corrected chi connectivity index (χ1v) is 12.5. The predicted molar refractivity (Wildman–Crippen MR) is 130 cm³/mol. The van der Waals surface area contributed by atoms with Crippen LogP contribution in [-0.4, -0.2) is 80.8 Å². The molecule has 5 unspecified atom stereocenters. The zero-order valence-electron chi connectivity index (χ0n) is 20.1. The number of rotatable bonds is 16. The Morgan fingerprint density at radius 2 is 1.77 bits per heavy atom.